The Kier molecular flexibility index (Phi) is 4.78. The lowest BCUT2D eigenvalue weighted by atomic mass is 10.3. The topological polar surface area (TPSA) is 42.0 Å². The van der Waals surface area contributed by atoms with E-state index in [1.54, 1.807) is 11.3 Å². The van der Waals surface area contributed by atoms with Crippen LogP contribution in [0.25, 0.3) is 0 Å². The first-order valence-electron chi connectivity index (χ1n) is 5.58. The lowest BCUT2D eigenvalue weighted by Crippen LogP contribution is -2.24. The van der Waals surface area contributed by atoms with Crippen molar-refractivity contribution < 1.29 is 4.79 Å². The van der Waals surface area contributed by atoms with E-state index in [-0.39, 0.29) is 5.91 Å². The number of carbonyl (C=O) groups excluding carboxylic acids is 1. The highest BCUT2D eigenvalue weighted by atomic mass is 32.2. The number of hydrogen-bond acceptors (Lipinski definition) is 4. The first-order chi connectivity index (χ1) is 8.74. The molecule has 1 amide bonds. The number of aryl methyl sites for hydroxylation is 1. The first-order valence-corrected chi connectivity index (χ1v) is 7.45. The van der Waals surface area contributed by atoms with Crippen molar-refractivity contribution in [3.63, 3.8) is 0 Å². The third-order valence-corrected chi connectivity index (χ3v) is 4.10. The zero-order valence-electron chi connectivity index (χ0n) is 10.1. The first kappa shape index (κ1) is 13.1. The average Bonchev–Trinajstić information content (AvgIpc) is 2.89. The molecule has 94 valence electrons. The quantitative estimate of drug-likeness (QED) is 0.855. The second-order valence-electron chi connectivity index (χ2n) is 3.82. The van der Waals surface area contributed by atoms with Gasteiger partial charge in [-0.25, -0.2) is 4.98 Å². The van der Waals surface area contributed by atoms with Crippen molar-refractivity contribution in [1.29, 1.82) is 0 Å². The van der Waals surface area contributed by atoms with Gasteiger partial charge in [0.25, 0.3) is 0 Å². The highest BCUT2D eigenvalue weighted by molar-refractivity contribution is 7.99. The minimum Gasteiger partial charge on any atom is -0.350 e. The molecule has 0 bridgehead atoms. The van der Waals surface area contributed by atoms with Gasteiger partial charge in [-0.2, -0.15) is 0 Å². The maximum absolute atomic E-state index is 11.6. The molecule has 2 rings (SSSR count). The number of nitrogens with zero attached hydrogens (tertiary/aromatic N) is 1. The third-order valence-electron chi connectivity index (χ3n) is 2.28. The second kappa shape index (κ2) is 6.56. The Bertz CT molecular complexity index is 494. The minimum atomic E-state index is 0.0378. The molecule has 2 aromatic rings. The van der Waals surface area contributed by atoms with Crippen molar-refractivity contribution in [3.05, 3.63) is 46.3 Å². The number of hydrogen-bond donors (Lipinski definition) is 1. The zero-order valence-corrected chi connectivity index (χ0v) is 11.7. The number of nitrogens with one attached hydrogen (secondary N) is 1. The van der Waals surface area contributed by atoms with Crippen molar-refractivity contribution >= 4 is 29.0 Å². The summed E-state index contributed by atoms with van der Waals surface area (Å²) in [5, 5.41) is 5.78. The lowest BCUT2D eigenvalue weighted by molar-refractivity contribution is -0.118. The van der Waals surface area contributed by atoms with Gasteiger partial charge in [0.1, 0.15) is 0 Å². The summed E-state index contributed by atoms with van der Waals surface area (Å²) in [7, 11) is 0. The van der Waals surface area contributed by atoms with E-state index in [1.807, 2.05) is 42.8 Å². The van der Waals surface area contributed by atoms with Gasteiger partial charge in [0.2, 0.25) is 5.91 Å². The molecule has 0 aliphatic heterocycles. The molecule has 18 heavy (non-hydrogen) atoms. The molecule has 2 aromatic heterocycles. The molecule has 0 saturated carbocycles. The molecule has 0 spiro atoms. The SMILES string of the molecule is Cc1ccc(SCC(=O)NCc2cccs2)nc1. The van der Waals surface area contributed by atoms with E-state index in [0.717, 1.165) is 10.6 Å². The predicted molar refractivity (Wildman–Crippen MR) is 75.9 cm³/mol. The third kappa shape index (κ3) is 4.16. The van der Waals surface area contributed by atoms with Crippen LogP contribution >= 0.6 is 23.1 Å². The number of amides is 1. The minimum absolute atomic E-state index is 0.0378. The number of pyridine rings is 1. The van der Waals surface area contributed by atoms with Crippen LogP contribution in [0, 0.1) is 6.92 Å². The van der Waals surface area contributed by atoms with Crippen LogP contribution in [0.4, 0.5) is 0 Å². The molecule has 0 radical (unpaired) electrons. The van der Waals surface area contributed by atoms with Gasteiger partial charge in [0.05, 0.1) is 17.3 Å². The van der Waals surface area contributed by atoms with Crippen LogP contribution in [0.3, 0.4) is 0 Å². The van der Waals surface area contributed by atoms with Crippen LogP contribution in [0.15, 0.2) is 40.9 Å². The molecule has 0 fully saturated rings. The Morgan fingerprint density at radius 1 is 1.44 bits per heavy atom. The van der Waals surface area contributed by atoms with E-state index in [0.29, 0.717) is 12.3 Å². The van der Waals surface area contributed by atoms with Crippen LogP contribution in [0.2, 0.25) is 0 Å². The number of rotatable bonds is 5. The summed E-state index contributed by atoms with van der Waals surface area (Å²) in [5.74, 6) is 0.442. The van der Waals surface area contributed by atoms with Gasteiger partial charge < -0.3 is 5.32 Å². The smallest absolute Gasteiger partial charge is 0.230 e. The normalized spacial score (nSPS) is 10.3. The van der Waals surface area contributed by atoms with Gasteiger partial charge in [-0.3, -0.25) is 4.79 Å². The van der Waals surface area contributed by atoms with Crippen LogP contribution in [-0.4, -0.2) is 16.6 Å². The highest BCUT2D eigenvalue weighted by Gasteiger charge is 2.03. The molecular formula is C13H14N2OS2. The summed E-state index contributed by atoms with van der Waals surface area (Å²) in [4.78, 5) is 17.0. The maximum atomic E-state index is 11.6. The van der Waals surface area contributed by atoms with Crippen molar-refractivity contribution in [2.45, 2.75) is 18.5 Å². The fourth-order valence-electron chi connectivity index (χ4n) is 1.33. The Labute approximate surface area is 115 Å². The molecule has 2 heterocycles. The Morgan fingerprint density at radius 2 is 2.33 bits per heavy atom. The van der Waals surface area contributed by atoms with E-state index in [1.165, 1.54) is 16.6 Å². The summed E-state index contributed by atoms with van der Waals surface area (Å²) in [6.45, 7) is 2.60. The molecular weight excluding hydrogens is 264 g/mol. The fraction of sp³-hybridized carbons (Fsp3) is 0.231. The predicted octanol–water partition coefficient (Wildman–Crippen LogP) is 2.86. The van der Waals surface area contributed by atoms with Gasteiger partial charge in [-0.15, -0.1) is 11.3 Å². The molecule has 0 aromatic carbocycles. The van der Waals surface area contributed by atoms with Gasteiger partial charge in [0, 0.05) is 11.1 Å². The molecule has 5 heteroatoms. The van der Waals surface area contributed by atoms with E-state index < -0.39 is 0 Å². The van der Waals surface area contributed by atoms with Crippen molar-refractivity contribution in [2.24, 2.45) is 0 Å². The lowest BCUT2D eigenvalue weighted by Gasteiger charge is -2.03. The van der Waals surface area contributed by atoms with Gasteiger partial charge >= 0.3 is 0 Å². The summed E-state index contributed by atoms with van der Waals surface area (Å²) < 4.78 is 0. The van der Waals surface area contributed by atoms with E-state index in [9.17, 15) is 4.79 Å². The second-order valence-corrected chi connectivity index (χ2v) is 5.85. The van der Waals surface area contributed by atoms with Crippen LogP contribution in [-0.2, 0) is 11.3 Å². The number of thioether (sulfide) groups is 1. The molecule has 1 N–H and O–H groups in total. The number of carbonyl (C=O) groups is 1. The number of thiophene rings is 1. The van der Waals surface area contributed by atoms with Crippen molar-refractivity contribution in [3.8, 4) is 0 Å². The highest BCUT2D eigenvalue weighted by Crippen LogP contribution is 2.14. The van der Waals surface area contributed by atoms with Crippen LogP contribution in [0.5, 0.6) is 0 Å². The van der Waals surface area contributed by atoms with Crippen LogP contribution < -0.4 is 5.32 Å². The molecule has 0 saturated heterocycles. The summed E-state index contributed by atoms with van der Waals surface area (Å²) in [6, 6.07) is 7.93. The largest absolute Gasteiger partial charge is 0.350 e. The molecule has 3 nitrogen and oxygen atoms in total. The van der Waals surface area contributed by atoms with E-state index >= 15 is 0 Å². The Morgan fingerprint density at radius 3 is 3.00 bits per heavy atom. The fourth-order valence-corrected chi connectivity index (χ4v) is 2.65. The molecule has 0 aliphatic carbocycles. The summed E-state index contributed by atoms with van der Waals surface area (Å²) >= 11 is 3.10. The van der Waals surface area contributed by atoms with Gasteiger partial charge in [0.15, 0.2) is 0 Å². The zero-order chi connectivity index (χ0) is 12.8. The summed E-state index contributed by atoms with van der Waals surface area (Å²) in [6.07, 6.45) is 1.81. The summed E-state index contributed by atoms with van der Waals surface area (Å²) in [5.41, 5.74) is 1.13. The van der Waals surface area contributed by atoms with E-state index in [2.05, 4.69) is 10.3 Å². The van der Waals surface area contributed by atoms with Crippen molar-refractivity contribution in [1.82, 2.24) is 10.3 Å². The Balaban J connectivity index is 1.73. The molecule has 0 atom stereocenters. The number of aromatic nitrogens is 1. The molecule has 0 aliphatic rings. The van der Waals surface area contributed by atoms with Crippen molar-refractivity contribution in [2.75, 3.05) is 5.75 Å². The standard InChI is InChI=1S/C13H14N2OS2/c1-10-4-5-13(15-7-10)18-9-12(16)14-8-11-3-2-6-17-11/h2-7H,8-9H2,1H3,(H,14,16). The average molecular weight is 278 g/mol. The maximum Gasteiger partial charge on any atom is 0.230 e. The molecule has 0 unspecified atom stereocenters. The van der Waals surface area contributed by atoms with Crippen LogP contribution in [0.1, 0.15) is 10.4 Å². The van der Waals surface area contributed by atoms with Gasteiger partial charge in [-0.05, 0) is 30.0 Å². The van der Waals surface area contributed by atoms with Gasteiger partial charge in [-0.1, -0.05) is 23.9 Å². The van der Waals surface area contributed by atoms with E-state index in [4.69, 9.17) is 0 Å². The monoisotopic (exact) mass is 278 g/mol. The Hall–Kier alpha value is -1.33.